The van der Waals surface area contributed by atoms with E-state index in [1.54, 1.807) is 6.92 Å². The Bertz CT molecular complexity index is 528. The molecule has 0 saturated heterocycles. The smallest absolute Gasteiger partial charge is 0.384 e. The Balaban J connectivity index is 2.22. The van der Waals surface area contributed by atoms with E-state index in [1.165, 1.54) is 12.1 Å². The maximum absolute atomic E-state index is 13.0. The Morgan fingerprint density at radius 2 is 2.05 bits per heavy atom. The largest absolute Gasteiger partial charge is 0.418 e. The zero-order valence-corrected chi connectivity index (χ0v) is 12.1. The molecule has 116 valence electrons. The van der Waals surface area contributed by atoms with E-state index in [0.29, 0.717) is 24.9 Å². The van der Waals surface area contributed by atoms with Gasteiger partial charge in [-0.15, -0.1) is 0 Å². The summed E-state index contributed by atoms with van der Waals surface area (Å²) in [6, 6.07) is 3.66. The Morgan fingerprint density at radius 3 is 2.57 bits per heavy atom. The van der Waals surface area contributed by atoms with Gasteiger partial charge in [-0.05, 0) is 37.3 Å². The van der Waals surface area contributed by atoms with Crippen molar-refractivity contribution in [1.29, 1.82) is 0 Å². The van der Waals surface area contributed by atoms with Gasteiger partial charge in [-0.2, -0.15) is 13.2 Å². The van der Waals surface area contributed by atoms with Gasteiger partial charge in [0.1, 0.15) is 0 Å². The number of nitrogens with one attached hydrogen (secondary N) is 2. The highest BCUT2D eigenvalue weighted by Crippen LogP contribution is 2.38. The number of carbonyl (C=O) groups is 1. The highest BCUT2D eigenvalue weighted by Gasteiger charge is 2.36. The van der Waals surface area contributed by atoms with E-state index in [1.807, 2.05) is 0 Å². The summed E-state index contributed by atoms with van der Waals surface area (Å²) in [5.74, 6) is 0.568. The molecule has 1 aromatic carbocycles. The molecule has 0 heterocycles. The summed E-state index contributed by atoms with van der Waals surface area (Å²) >= 11 is 0. The third-order valence-corrected chi connectivity index (χ3v) is 3.77. The number of hydrogen-bond acceptors (Lipinski definition) is 2. The molecule has 6 heteroatoms. The van der Waals surface area contributed by atoms with Gasteiger partial charge in [-0.25, -0.2) is 0 Å². The molecule has 2 rings (SSSR count). The number of para-hydroxylation sites is 1. The Morgan fingerprint density at radius 1 is 1.38 bits per heavy atom. The Hall–Kier alpha value is -1.72. The van der Waals surface area contributed by atoms with Crippen molar-refractivity contribution < 1.29 is 18.0 Å². The molecule has 2 unspecified atom stereocenters. The molecule has 1 amide bonds. The molecule has 1 aliphatic carbocycles. The Labute approximate surface area is 121 Å². The van der Waals surface area contributed by atoms with E-state index in [0.717, 1.165) is 12.5 Å². The van der Waals surface area contributed by atoms with Crippen LogP contribution in [0.3, 0.4) is 0 Å². The number of rotatable bonds is 5. The summed E-state index contributed by atoms with van der Waals surface area (Å²) < 4.78 is 39.1. The molecule has 1 aliphatic rings. The average molecular weight is 300 g/mol. The molecule has 2 atom stereocenters. The lowest BCUT2D eigenvalue weighted by atomic mass is 10.1. The average Bonchev–Trinajstić information content (AvgIpc) is 3.11. The highest BCUT2D eigenvalue weighted by atomic mass is 19.4. The van der Waals surface area contributed by atoms with Crippen LogP contribution < -0.4 is 10.6 Å². The van der Waals surface area contributed by atoms with Crippen LogP contribution in [0.15, 0.2) is 18.2 Å². The molecule has 1 aromatic rings. The first-order valence-corrected chi connectivity index (χ1v) is 7.06. The van der Waals surface area contributed by atoms with Crippen molar-refractivity contribution in [3.05, 3.63) is 29.3 Å². The van der Waals surface area contributed by atoms with Crippen LogP contribution in [0.25, 0.3) is 0 Å². The van der Waals surface area contributed by atoms with Gasteiger partial charge in [0.2, 0.25) is 0 Å². The molecule has 0 aromatic heterocycles. The van der Waals surface area contributed by atoms with Crippen LogP contribution in [0, 0.1) is 11.8 Å². The first-order chi connectivity index (χ1) is 9.84. The fraction of sp³-hybridized carbons (Fsp3) is 0.533. The number of anilines is 1. The van der Waals surface area contributed by atoms with Crippen LogP contribution in [-0.4, -0.2) is 19.0 Å². The predicted octanol–water partition coefficient (Wildman–Crippen LogP) is 3.52. The van der Waals surface area contributed by atoms with E-state index in [4.69, 9.17) is 0 Å². The topological polar surface area (TPSA) is 41.1 Å². The van der Waals surface area contributed by atoms with Gasteiger partial charge >= 0.3 is 6.18 Å². The molecule has 0 spiro atoms. The highest BCUT2D eigenvalue weighted by molar-refractivity contribution is 6.00. The summed E-state index contributed by atoms with van der Waals surface area (Å²) in [6.07, 6.45) is -3.43. The SMILES string of the molecule is CCNc1c(C(=O)NCC2CC2C)cccc1C(F)(F)F. The number of hydrogen-bond donors (Lipinski definition) is 2. The molecule has 2 N–H and O–H groups in total. The molecule has 0 radical (unpaired) electrons. The van der Waals surface area contributed by atoms with Crippen LogP contribution in [0.1, 0.15) is 36.2 Å². The third kappa shape index (κ3) is 3.68. The van der Waals surface area contributed by atoms with Crippen molar-refractivity contribution in [3.63, 3.8) is 0 Å². The number of benzene rings is 1. The molecular formula is C15H19F3N2O. The van der Waals surface area contributed by atoms with E-state index >= 15 is 0 Å². The van der Waals surface area contributed by atoms with Crippen molar-refractivity contribution in [2.75, 3.05) is 18.4 Å². The van der Waals surface area contributed by atoms with Gasteiger partial charge in [0.25, 0.3) is 5.91 Å². The van der Waals surface area contributed by atoms with Crippen molar-refractivity contribution >= 4 is 11.6 Å². The van der Waals surface area contributed by atoms with Gasteiger partial charge in [0.05, 0.1) is 16.8 Å². The van der Waals surface area contributed by atoms with Crippen molar-refractivity contribution in [1.82, 2.24) is 5.32 Å². The van der Waals surface area contributed by atoms with Gasteiger partial charge in [-0.1, -0.05) is 13.0 Å². The van der Waals surface area contributed by atoms with Crippen LogP contribution in [0.5, 0.6) is 0 Å². The zero-order chi connectivity index (χ0) is 15.6. The first kappa shape index (κ1) is 15.7. The predicted molar refractivity (Wildman–Crippen MR) is 75.2 cm³/mol. The van der Waals surface area contributed by atoms with E-state index in [9.17, 15) is 18.0 Å². The second-order valence-electron chi connectivity index (χ2n) is 5.44. The van der Waals surface area contributed by atoms with Crippen molar-refractivity contribution in [3.8, 4) is 0 Å². The molecule has 21 heavy (non-hydrogen) atoms. The van der Waals surface area contributed by atoms with Gasteiger partial charge in [0.15, 0.2) is 0 Å². The standard InChI is InChI=1S/C15H19F3N2O/c1-3-19-13-11(5-4-6-12(13)15(16,17)18)14(21)20-8-10-7-9(10)2/h4-6,9-10,19H,3,7-8H2,1-2H3,(H,20,21). The third-order valence-electron chi connectivity index (χ3n) is 3.77. The zero-order valence-electron chi connectivity index (χ0n) is 12.1. The molecular weight excluding hydrogens is 281 g/mol. The van der Waals surface area contributed by atoms with E-state index in [2.05, 4.69) is 17.6 Å². The minimum Gasteiger partial charge on any atom is -0.384 e. The maximum Gasteiger partial charge on any atom is 0.418 e. The first-order valence-electron chi connectivity index (χ1n) is 7.06. The fourth-order valence-electron chi connectivity index (χ4n) is 2.35. The van der Waals surface area contributed by atoms with Crippen LogP contribution in [0.2, 0.25) is 0 Å². The molecule has 1 saturated carbocycles. The fourth-order valence-corrected chi connectivity index (χ4v) is 2.35. The lowest BCUT2D eigenvalue weighted by Crippen LogP contribution is -2.27. The van der Waals surface area contributed by atoms with Crippen LogP contribution in [-0.2, 0) is 6.18 Å². The molecule has 3 nitrogen and oxygen atoms in total. The second-order valence-corrected chi connectivity index (χ2v) is 5.44. The summed E-state index contributed by atoms with van der Waals surface area (Å²) in [6.45, 7) is 4.61. The normalized spacial score (nSPS) is 21.0. The van der Waals surface area contributed by atoms with Crippen molar-refractivity contribution in [2.45, 2.75) is 26.4 Å². The minimum absolute atomic E-state index is 0.0416. The lowest BCUT2D eigenvalue weighted by Gasteiger charge is -2.17. The van der Waals surface area contributed by atoms with Gasteiger partial charge in [-0.3, -0.25) is 4.79 Å². The van der Waals surface area contributed by atoms with Gasteiger partial charge < -0.3 is 10.6 Å². The van der Waals surface area contributed by atoms with E-state index in [-0.39, 0.29) is 11.3 Å². The van der Waals surface area contributed by atoms with E-state index < -0.39 is 17.6 Å². The molecule has 0 aliphatic heterocycles. The lowest BCUT2D eigenvalue weighted by molar-refractivity contribution is -0.137. The van der Waals surface area contributed by atoms with Crippen LogP contribution >= 0.6 is 0 Å². The molecule has 0 bridgehead atoms. The van der Waals surface area contributed by atoms with Crippen molar-refractivity contribution in [2.24, 2.45) is 11.8 Å². The summed E-state index contributed by atoms with van der Waals surface area (Å²) in [5.41, 5.74) is -0.911. The van der Waals surface area contributed by atoms with Gasteiger partial charge in [0, 0.05) is 13.1 Å². The molecule has 1 fully saturated rings. The number of amides is 1. The quantitative estimate of drug-likeness (QED) is 0.873. The number of carbonyl (C=O) groups excluding carboxylic acids is 1. The van der Waals surface area contributed by atoms with Crippen LogP contribution in [0.4, 0.5) is 18.9 Å². The number of halogens is 3. The summed E-state index contributed by atoms with van der Waals surface area (Å²) in [7, 11) is 0. The Kier molecular flexibility index (Phi) is 4.44. The minimum atomic E-state index is -4.49. The summed E-state index contributed by atoms with van der Waals surface area (Å²) in [5, 5.41) is 5.39. The second kappa shape index (κ2) is 5.95. The number of alkyl halides is 3. The monoisotopic (exact) mass is 300 g/mol. The maximum atomic E-state index is 13.0. The summed E-state index contributed by atoms with van der Waals surface area (Å²) in [4.78, 5) is 12.1.